The van der Waals surface area contributed by atoms with Gasteiger partial charge in [0, 0.05) is 53.7 Å². The van der Waals surface area contributed by atoms with Crippen LogP contribution in [0.2, 0.25) is 0 Å². The molecular formula is C28H27N3O2+2. The van der Waals surface area contributed by atoms with Gasteiger partial charge in [0.05, 0.1) is 0 Å². The predicted octanol–water partition coefficient (Wildman–Crippen LogP) is 4.09. The van der Waals surface area contributed by atoms with Crippen LogP contribution in [0.25, 0.3) is 21.9 Å². The van der Waals surface area contributed by atoms with Gasteiger partial charge >= 0.3 is 0 Å². The van der Waals surface area contributed by atoms with Gasteiger partial charge in [-0.1, -0.05) is 24.3 Å². The summed E-state index contributed by atoms with van der Waals surface area (Å²) in [6, 6.07) is 19.8. The van der Waals surface area contributed by atoms with Crippen LogP contribution in [0.5, 0.6) is 0 Å². The Bertz CT molecular complexity index is 1280. The molecule has 2 aromatic carbocycles. The quantitative estimate of drug-likeness (QED) is 0.248. The first kappa shape index (κ1) is 21.0. The number of imide groups is 1. The van der Waals surface area contributed by atoms with E-state index in [1.165, 1.54) is 16.0 Å². The van der Waals surface area contributed by atoms with Gasteiger partial charge in [-0.2, -0.15) is 0 Å². The van der Waals surface area contributed by atoms with Gasteiger partial charge in [-0.3, -0.25) is 14.5 Å². The summed E-state index contributed by atoms with van der Waals surface area (Å²) >= 11 is 0. The Labute approximate surface area is 193 Å². The number of hydrogen-bond donors (Lipinski definition) is 0. The molecule has 3 heterocycles. The van der Waals surface area contributed by atoms with Crippen molar-refractivity contribution in [1.29, 1.82) is 0 Å². The molecule has 5 rings (SSSR count). The van der Waals surface area contributed by atoms with E-state index in [4.69, 9.17) is 0 Å². The molecule has 0 fully saturated rings. The zero-order valence-electron chi connectivity index (χ0n) is 18.8. The Morgan fingerprint density at radius 1 is 0.697 bits per heavy atom. The normalized spacial score (nSPS) is 13.1. The van der Waals surface area contributed by atoms with E-state index in [9.17, 15) is 9.59 Å². The van der Waals surface area contributed by atoms with Crippen molar-refractivity contribution in [2.45, 2.75) is 25.8 Å². The number of pyridine rings is 2. The summed E-state index contributed by atoms with van der Waals surface area (Å²) < 4.78 is 4.21. The number of amides is 2. The fourth-order valence-corrected chi connectivity index (χ4v) is 4.52. The molecule has 1 aliphatic rings. The van der Waals surface area contributed by atoms with E-state index in [2.05, 4.69) is 41.2 Å². The number of carbonyl (C=O) groups is 2. The number of aromatic nitrogens is 2. The van der Waals surface area contributed by atoms with Crippen LogP contribution < -0.4 is 9.13 Å². The van der Waals surface area contributed by atoms with Crippen molar-refractivity contribution in [2.75, 3.05) is 6.54 Å². The lowest BCUT2D eigenvalue weighted by Crippen LogP contribution is -2.41. The van der Waals surface area contributed by atoms with Crippen LogP contribution in [0.4, 0.5) is 0 Å². The van der Waals surface area contributed by atoms with Gasteiger partial charge in [-0.15, -0.1) is 0 Å². The van der Waals surface area contributed by atoms with Gasteiger partial charge in [0.15, 0.2) is 24.8 Å². The van der Waals surface area contributed by atoms with Crippen molar-refractivity contribution in [3.05, 3.63) is 96.6 Å². The van der Waals surface area contributed by atoms with Crippen LogP contribution in [-0.4, -0.2) is 23.3 Å². The van der Waals surface area contributed by atoms with E-state index in [1.54, 1.807) is 0 Å². The molecule has 0 atom stereocenters. The number of unbranched alkanes of at least 4 members (excludes halogenated alkanes) is 2. The average molecular weight is 438 g/mol. The Morgan fingerprint density at radius 3 is 1.88 bits per heavy atom. The van der Waals surface area contributed by atoms with Crippen LogP contribution in [-0.2, 0) is 13.6 Å². The van der Waals surface area contributed by atoms with Crippen molar-refractivity contribution in [1.82, 2.24) is 4.90 Å². The van der Waals surface area contributed by atoms with E-state index in [-0.39, 0.29) is 11.8 Å². The first-order valence-electron chi connectivity index (χ1n) is 11.4. The summed E-state index contributed by atoms with van der Waals surface area (Å²) in [5, 5.41) is 1.73. The molecule has 4 aromatic rings. The van der Waals surface area contributed by atoms with Gasteiger partial charge in [-0.05, 0) is 41.5 Å². The molecule has 0 saturated carbocycles. The minimum Gasteiger partial charge on any atom is -0.274 e. The zero-order chi connectivity index (χ0) is 22.8. The molecule has 2 aromatic heterocycles. The van der Waals surface area contributed by atoms with E-state index in [0.29, 0.717) is 17.7 Å². The highest BCUT2D eigenvalue weighted by Gasteiger charge is 2.32. The van der Waals surface area contributed by atoms with Gasteiger partial charge < -0.3 is 0 Å². The third-order valence-electron chi connectivity index (χ3n) is 6.36. The number of aryl methyl sites for hydroxylation is 2. The highest BCUT2D eigenvalue weighted by atomic mass is 16.2. The fourth-order valence-electron chi connectivity index (χ4n) is 4.52. The minimum absolute atomic E-state index is 0.177. The molecule has 0 radical (unpaired) electrons. The molecule has 0 bridgehead atoms. The molecule has 2 amide bonds. The molecule has 0 N–H and O–H groups in total. The highest BCUT2D eigenvalue weighted by Crippen LogP contribution is 2.30. The topological polar surface area (TPSA) is 45.1 Å². The molecule has 0 saturated heterocycles. The SMILES string of the molecule is C[n+]1ccc(-c2cc[n+](CCCCCN3C(=O)c4cccc5cccc(c45)C3=O)cc2)cc1. The van der Waals surface area contributed by atoms with Crippen molar-refractivity contribution in [3.63, 3.8) is 0 Å². The molecule has 0 spiro atoms. The molecule has 0 unspecified atom stereocenters. The van der Waals surface area contributed by atoms with Gasteiger partial charge in [0.25, 0.3) is 11.8 Å². The van der Waals surface area contributed by atoms with Crippen LogP contribution in [0.3, 0.4) is 0 Å². The second-order valence-corrected chi connectivity index (χ2v) is 8.61. The second-order valence-electron chi connectivity index (χ2n) is 8.61. The maximum Gasteiger partial charge on any atom is 0.261 e. The smallest absolute Gasteiger partial charge is 0.261 e. The predicted molar refractivity (Wildman–Crippen MR) is 126 cm³/mol. The van der Waals surface area contributed by atoms with Crippen molar-refractivity contribution in [2.24, 2.45) is 7.05 Å². The first-order chi connectivity index (χ1) is 16.1. The third kappa shape index (κ3) is 4.14. The van der Waals surface area contributed by atoms with Gasteiger partial charge in [0.2, 0.25) is 0 Å². The van der Waals surface area contributed by atoms with Crippen LogP contribution >= 0.6 is 0 Å². The second kappa shape index (κ2) is 8.94. The van der Waals surface area contributed by atoms with Crippen molar-refractivity contribution < 1.29 is 18.7 Å². The van der Waals surface area contributed by atoms with Crippen molar-refractivity contribution in [3.8, 4) is 11.1 Å². The van der Waals surface area contributed by atoms with E-state index in [0.717, 1.165) is 36.6 Å². The average Bonchev–Trinajstić information content (AvgIpc) is 2.85. The summed E-state index contributed by atoms with van der Waals surface area (Å²) in [6.45, 7) is 1.37. The molecule has 164 valence electrons. The monoisotopic (exact) mass is 437 g/mol. The Kier molecular flexibility index (Phi) is 5.69. The van der Waals surface area contributed by atoms with Gasteiger partial charge in [-0.25, -0.2) is 9.13 Å². The van der Waals surface area contributed by atoms with E-state index >= 15 is 0 Å². The summed E-state index contributed by atoms with van der Waals surface area (Å²) in [6.07, 6.45) is 11.1. The van der Waals surface area contributed by atoms with Crippen LogP contribution in [0.15, 0.2) is 85.5 Å². The molecule has 5 nitrogen and oxygen atoms in total. The van der Waals surface area contributed by atoms with Crippen molar-refractivity contribution >= 4 is 22.6 Å². The minimum atomic E-state index is -0.177. The lowest BCUT2D eigenvalue weighted by Gasteiger charge is -2.27. The lowest BCUT2D eigenvalue weighted by atomic mass is 9.94. The van der Waals surface area contributed by atoms with Gasteiger partial charge in [0.1, 0.15) is 13.6 Å². The molecule has 1 aliphatic heterocycles. The Morgan fingerprint density at radius 2 is 1.27 bits per heavy atom. The number of benzene rings is 2. The maximum absolute atomic E-state index is 13.0. The maximum atomic E-state index is 13.0. The first-order valence-corrected chi connectivity index (χ1v) is 11.4. The third-order valence-corrected chi connectivity index (χ3v) is 6.36. The molecule has 5 heteroatoms. The number of hydrogen-bond acceptors (Lipinski definition) is 2. The summed E-state index contributed by atoms with van der Waals surface area (Å²) in [7, 11) is 2.01. The molecular weight excluding hydrogens is 410 g/mol. The molecule has 33 heavy (non-hydrogen) atoms. The summed E-state index contributed by atoms with van der Waals surface area (Å²) in [5.74, 6) is -0.354. The highest BCUT2D eigenvalue weighted by molar-refractivity contribution is 6.25. The number of carbonyl (C=O) groups excluding carboxylic acids is 2. The number of nitrogens with zero attached hydrogens (tertiary/aromatic N) is 3. The van der Waals surface area contributed by atoms with Crippen LogP contribution in [0, 0.1) is 0 Å². The fraction of sp³-hybridized carbons (Fsp3) is 0.214. The Balaban J connectivity index is 1.15. The Hall–Kier alpha value is -3.86. The van der Waals surface area contributed by atoms with E-state index < -0.39 is 0 Å². The standard InChI is InChI=1S/C28H27N3O2/c1-29-17-11-21(12-18-29)22-13-19-30(20-14-22)15-3-2-4-16-31-27(32)24-9-5-7-23-8-6-10-25(26(23)24)28(31)33/h5-14,17-20H,2-4,15-16H2,1H3/q+2. The molecule has 0 aliphatic carbocycles. The van der Waals surface area contributed by atoms with E-state index in [1.807, 2.05) is 60.4 Å². The largest absolute Gasteiger partial charge is 0.274 e. The summed E-state index contributed by atoms with van der Waals surface area (Å²) in [4.78, 5) is 27.3. The number of rotatable bonds is 7. The lowest BCUT2D eigenvalue weighted by molar-refractivity contribution is -0.697. The van der Waals surface area contributed by atoms with Crippen LogP contribution in [0.1, 0.15) is 40.0 Å². The summed E-state index contributed by atoms with van der Waals surface area (Å²) in [5.41, 5.74) is 3.66. The zero-order valence-corrected chi connectivity index (χ0v) is 18.8.